The lowest BCUT2D eigenvalue weighted by Gasteiger charge is -2.37. The summed E-state index contributed by atoms with van der Waals surface area (Å²) in [5, 5.41) is 3.76. The lowest BCUT2D eigenvalue weighted by atomic mass is 10.1. The third-order valence-electron chi connectivity index (χ3n) is 5.48. The van der Waals surface area contributed by atoms with Crippen molar-refractivity contribution in [2.24, 2.45) is 5.73 Å². The minimum absolute atomic E-state index is 0.0265. The van der Waals surface area contributed by atoms with Gasteiger partial charge in [0.2, 0.25) is 14.2 Å². The summed E-state index contributed by atoms with van der Waals surface area (Å²) in [5.74, 6) is 2.57. The molecule has 0 aliphatic rings. The molecule has 0 fully saturated rings. The average molecular weight is 547 g/mol. The molecule has 0 bridgehead atoms. The topological polar surface area (TPSA) is 110 Å². The Morgan fingerprint density at radius 1 is 1.31 bits per heavy atom. The number of benzene rings is 1. The number of halogens is 1. The van der Waals surface area contributed by atoms with Gasteiger partial charge in [0, 0.05) is 23.1 Å². The third-order valence-corrected chi connectivity index (χ3v) is 11.7. The van der Waals surface area contributed by atoms with Gasteiger partial charge in [-0.15, -0.1) is 0 Å². The normalized spacial score (nSPS) is 13.1. The number of carbonyl (C=O) groups excluding carboxylic acids is 1. The number of thioether (sulfide) groups is 1. The van der Waals surface area contributed by atoms with Crippen LogP contribution in [0, 0.1) is 6.92 Å². The van der Waals surface area contributed by atoms with E-state index >= 15 is 0 Å². The van der Waals surface area contributed by atoms with Gasteiger partial charge in [-0.1, -0.05) is 25.9 Å². The van der Waals surface area contributed by atoms with Gasteiger partial charge in [0.05, 0.1) is 30.3 Å². The van der Waals surface area contributed by atoms with Crippen LogP contribution in [-0.4, -0.2) is 44.4 Å². The summed E-state index contributed by atoms with van der Waals surface area (Å²) < 4.78 is 22.9. The van der Waals surface area contributed by atoms with E-state index < -0.39 is 20.3 Å². The molecule has 32 heavy (non-hydrogen) atoms. The Morgan fingerprint density at radius 3 is 2.47 bits per heavy atom. The quantitative estimate of drug-likeness (QED) is 0.333. The summed E-state index contributed by atoms with van der Waals surface area (Å²) in [5.41, 5.74) is 7.32. The summed E-state index contributed by atoms with van der Waals surface area (Å²) in [6, 6.07) is 1.41. The zero-order valence-electron chi connectivity index (χ0n) is 19.9. The third kappa shape index (κ3) is 6.06. The number of nitrogens with zero attached hydrogens (tertiary/aromatic N) is 2. The molecule has 0 saturated heterocycles. The van der Waals surface area contributed by atoms with Crippen molar-refractivity contribution in [1.82, 2.24) is 10.1 Å². The Hall–Kier alpha value is -1.56. The lowest BCUT2D eigenvalue weighted by Crippen LogP contribution is -2.44. The van der Waals surface area contributed by atoms with Crippen LogP contribution in [-0.2, 0) is 10.5 Å². The van der Waals surface area contributed by atoms with Crippen molar-refractivity contribution in [3.8, 4) is 11.5 Å². The van der Waals surface area contributed by atoms with Crippen LogP contribution < -0.4 is 14.9 Å². The second kappa shape index (κ2) is 10.6. The zero-order valence-corrected chi connectivity index (χ0v) is 23.3. The van der Waals surface area contributed by atoms with Gasteiger partial charge in [-0.2, -0.15) is 16.7 Å². The predicted octanol–water partition coefficient (Wildman–Crippen LogP) is 5.25. The number of aromatic nitrogens is 2. The smallest absolute Gasteiger partial charge is 0.339 e. The van der Waals surface area contributed by atoms with Crippen LogP contribution >= 0.6 is 27.7 Å². The van der Waals surface area contributed by atoms with Crippen molar-refractivity contribution in [3.05, 3.63) is 33.4 Å². The molecule has 0 aliphatic heterocycles. The largest absolute Gasteiger partial charge is 0.543 e. The van der Waals surface area contributed by atoms with Crippen LogP contribution in [0.15, 0.2) is 15.1 Å². The highest BCUT2D eigenvalue weighted by atomic mass is 79.9. The first-order valence-corrected chi connectivity index (χ1v) is 15.0. The Labute approximate surface area is 203 Å². The summed E-state index contributed by atoms with van der Waals surface area (Å²) >= 11 is 5.05. The van der Waals surface area contributed by atoms with Gasteiger partial charge in [-0.3, -0.25) is 0 Å². The van der Waals surface area contributed by atoms with E-state index in [4.69, 9.17) is 24.2 Å². The molecule has 0 saturated carbocycles. The second-order valence-corrected chi connectivity index (χ2v) is 15.4. The number of rotatable bonds is 9. The Morgan fingerprint density at radius 2 is 1.97 bits per heavy atom. The number of aryl methyl sites for hydroxylation is 1. The predicted molar refractivity (Wildman–Crippen MR) is 132 cm³/mol. The monoisotopic (exact) mass is 545 g/mol. The molecule has 0 radical (unpaired) electrons. The molecule has 2 aromatic rings. The van der Waals surface area contributed by atoms with Gasteiger partial charge < -0.3 is 24.2 Å². The van der Waals surface area contributed by atoms with Crippen LogP contribution in [0.5, 0.6) is 11.5 Å². The van der Waals surface area contributed by atoms with Crippen LogP contribution in [0.1, 0.15) is 54.4 Å². The Bertz CT molecular complexity index is 962. The summed E-state index contributed by atoms with van der Waals surface area (Å²) in [6.45, 7) is 12.5. The molecule has 11 heteroatoms. The number of carbonyl (C=O) groups is 1. The number of nitrogens with two attached hydrogens (primary N) is 1. The van der Waals surface area contributed by atoms with Crippen molar-refractivity contribution < 1.29 is 23.2 Å². The van der Waals surface area contributed by atoms with E-state index in [-0.39, 0.29) is 5.04 Å². The van der Waals surface area contributed by atoms with Crippen molar-refractivity contribution in [1.29, 1.82) is 0 Å². The van der Waals surface area contributed by atoms with E-state index in [9.17, 15) is 4.79 Å². The summed E-state index contributed by atoms with van der Waals surface area (Å²) in [6.07, 6.45) is 0. The molecule has 0 spiro atoms. The lowest BCUT2D eigenvalue weighted by molar-refractivity contribution is 0.0598. The van der Waals surface area contributed by atoms with E-state index in [1.54, 1.807) is 25.8 Å². The van der Waals surface area contributed by atoms with Gasteiger partial charge in [-0.05, 0) is 41.0 Å². The van der Waals surface area contributed by atoms with E-state index in [0.717, 1.165) is 5.56 Å². The van der Waals surface area contributed by atoms with Crippen molar-refractivity contribution in [2.45, 2.75) is 57.6 Å². The molecule has 1 heterocycles. The van der Waals surface area contributed by atoms with Crippen molar-refractivity contribution in [3.63, 3.8) is 0 Å². The van der Waals surface area contributed by atoms with Gasteiger partial charge in [0.25, 0.3) is 0 Å². The molecule has 8 nitrogen and oxygen atoms in total. The molecule has 2 rings (SSSR count). The Balaban J connectivity index is 2.44. The maximum Gasteiger partial charge on any atom is 0.339 e. The fourth-order valence-electron chi connectivity index (χ4n) is 2.60. The zero-order chi connectivity index (χ0) is 24.3. The van der Waals surface area contributed by atoms with Gasteiger partial charge in [-0.25, -0.2) is 4.79 Å². The van der Waals surface area contributed by atoms with Crippen LogP contribution in [0.3, 0.4) is 0 Å². The first-order chi connectivity index (χ1) is 14.8. The van der Waals surface area contributed by atoms with E-state index in [0.29, 0.717) is 44.8 Å². The van der Waals surface area contributed by atoms with E-state index in [1.165, 1.54) is 7.11 Å². The molecule has 1 aromatic carbocycles. The fraction of sp³-hybridized carbons (Fsp3) is 0.571. The number of ether oxygens (including phenoxy) is 2. The van der Waals surface area contributed by atoms with Gasteiger partial charge in [0.1, 0.15) is 11.5 Å². The summed E-state index contributed by atoms with van der Waals surface area (Å²) in [7, 11) is 0.708. The van der Waals surface area contributed by atoms with Crippen molar-refractivity contribution in [2.75, 3.05) is 20.0 Å². The molecule has 2 N–H and O–H groups in total. The number of esters is 1. The molecule has 178 valence electrons. The minimum Gasteiger partial charge on any atom is -0.543 e. The first kappa shape index (κ1) is 26.7. The second-order valence-electron chi connectivity index (χ2n) is 8.90. The van der Waals surface area contributed by atoms with Gasteiger partial charge >= 0.3 is 5.97 Å². The summed E-state index contributed by atoms with van der Waals surface area (Å²) in [4.78, 5) is 16.9. The number of methoxy groups -OCH3 is 2. The number of hydrogen-bond acceptors (Lipinski definition) is 9. The number of hydrogen-bond donors (Lipinski definition) is 1. The minimum atomic E-state index is -2.20. The van der Waals surface area contributed by atoms with Crippen LogP contribution in [0.4, 0.5) is 0 Å². The van der Waals surface area contributed by atoms with Gasteiger partial charge in [0.15, 0.2) is 5.82 Å². The highest BCUT2D eigenvalue weighted by Crippen LogP contribution is 2.44. The van der Waals surface area contributed by atoms with E-state index in [1.807, 2.05) is 6.07 Å². The highest BCUT2D eigenvalue weighted by Gasteiger charge is 2.40. The molecule has 1 atom stereocenters. The van der Waals surface area contributed by atoms with Crippen LogP contribution in [0.25, 0.3) is 0 Å². The van der Waals surface area contributed by atoms with Crippen molar-refractivity contribution >= 4 is 42.0 Å². The first-order valence-electron chi connectivity index (χ1n) is 10.1. The molecular formula is C21H32BrN3O5SSi. The maximum absolute atomic E-state index is 12.7. The molecule has 0 amide bonds. The van der Waals surface area contributed by atoms with E-state index in [2.05, 4.69) is 59.9 Å². The van der Waals surface area contributed by atoms with Crippen LogP contribution in [0.2, 0.25) is 18.1 Å². The molecule has 1 unspecified atom stereocenters. The standard InChI is InChI=1S/C21H32BrN3O5SSi/c1-12-24-19(29-25-12)14(23)11-31-10-13-15(30-32(7,8)21(2,3)4)9-16(27-5)18(22)17(13)20(26)28-6/h9,14H,10-11,23H2,1-8H3. The SMILES string of the molecule is COC(=O)c1c(Br)c(OC)cc(O[Si](C)(C)C(C)(C)C)c1CSCC(N)c1nc(C)no1. The molecule has 1 aromatic heterocycles. The average Bonchev–Trinajstić information content (AvgIpc) is 3.14. The maximum atomic E-state index is 12.7. The highest BCUT2D eigenvalue weighted by molar-refractivity contribution is 9.10. The molecular weight excluding hydrogens is 514 g/mol. The molecule has 0 aliphatic carbocycles. The fourth-order valence-corrected chi connectivity index (χ4v) is 5.32. The Kier molecular flexibility index (Phi) is 8.82.